The van der Waals surface area contributed by atoms with Crippen molar-refractivity contribution in [2.45, 2.75) is 25.6 Å². The lowest BCUT2D eigenvalue weighted by molar-refractivity contribution is -0.145. The maximum absolute atomic E-state index is 12.6. The fourth-order valence-electron chi connectivity index (χ4n) is 2.49. The fraction of sp³-hybridized carbons (Fsp3) is 0.889. The van der Waals surface area contributed by atoms with E-state index in [1.807, 2.05) is 0 Å². The zero-order valence-corrected chi connectivity index (χ0v) is 8.46. The first-order valence-corrected chi connectivity index (χ1v) is 5.33. The van der Waals surface area contributed by atoms with E-state index in [0.29, 0.717) is 0 Å². The molecule has 2 rings (SSSR count). The highest BCUT2D eigenvalue weighted by Crippen LogP contribution is 2.67. The van der Waals surface area contributed by atoms with Gasteiger partial charge in [-0.1, -0.05) is 5.82 Å². The van der Waals surface area contributed by atoms with Crippen molar-refractivity contribution < 1.29 is 22.5 Å². The third kappa shape index (κ3) is 1.99. The molecular formula is C9H13BF3O2-. The summed E-state index contributed by atoms with van der Waals surface area (Å²) in [5.74, 6) is -3.27. The van der Waals surface area contributed by atoms with E-state index in [9.17, 15) is 17.7 Å². The topological polar surface area (TPSA) is 26.3 Å². The van der Waals surface area contributed by atoms with E-state index in [-0.39, 0.29) is 12.5 Å². The molecule has 1 unspecified atom stereocenters. The second-order valence-corrected chi connectivity index (χ2v) is 4.40. The predicted molar refractivity (Wildman–Crippen MR) is 49.2 cm³/mol. The fourth-order valence-corrected chi connectivity index (χ4v) is 2.49. The molecule has 0 aliphatic heterocycles. The molecule has 2 fully saturated rings. The van der Waals surface area contributed by atoms with E-state index in [4.69, 9.17) is 0 Å². The maximum atomic E-state index is 12.6. The van der Waals surface area contributed by atoms with Crippen LogP contribution in [0.2, 0.25) is 5.82 Å². The molecule has 0 aromatic rings. The minimum atomic E-state index is -4.88. The summed E-state index contributed by atoms with van der Waals surface area (Å²) in [4.78, 5) is 11.3. The first-order valence-electron chi connectivity index (χ1n) is 5.33. The molecule has 0 radical (unpaired) electrons. The number of halogens is 3. The highest BCUT2D eigenvalue weighted by molar-refractivity contribution is 6.62. The Balaban J connectivity index is 2.02. The molecule has 0 aromatic carbocycles. The molecule has 3 atom stereocenters. The molecule has 0 aromatic heterocycles. The number of hydrogen-bond acceptors (Lipinski definition) is 2. The minimum absolute atomic E-state index is 0.118. The summed E-state index contributed by atoms with van der Waals surface area (Å²) in [6, 6.07) is 0. The Labute approximate surface area is 86.2 Å². The summed E-state index contributed by atoms with van der Waals surface area (Å²) in [7, 11) is 0. The Morgan fingerprint density at radius 2 is 2.00 bits per heavy atom. The van der Waals surface area contributed by atoms with Crippen molar-refractivity contribution in [2.24, 2.45) is 17.8 Å². The van der Waals surface area contributed by atoms with Crippen LogP contribution in [0.5, 0.6) is 0 Å². The van der Waals surface area contributed by atoms with Crippen LogP contribution in [-0.2, 0) is 9.53 Å². The number of carbonyl (C=O) groups is 1. The van der Waals surface area contributed by atoms with Gasteiger partial charge in [-0.2, -0.15) is 0 Å². The largest absolute Gasteiger partial charge is 0.482 e. The van der Waals surface area contributed by atoms with Crippen LogP contribution in [0.15, 0.2) is 0 Å². The Morgan fingerprint density at radius 1 is 1.40 bits per heavy atom. The van der Waals surface area contributed by atoms with Crippen molar-refractivity contribution in [3.8, 4) is 0 Å². The summed E-state index contributed by atoms with van der Waals surface area (Å²) in [6.45, 7) is -3.12. The zero-order chi connectivity index (χ0) is 11.2. The molecular weight excluding hydrogens is 208 g/mol. The molecule has 0 heterocycles. The monoisotopic (exact) mass is 221 g/mol. The Kier molecular flexibility index (Phi) is 2.47. The molecule has 2 nitrogen and oxygen atoms in total. The van der Waals surface area contributed by atoms with E-state index in [1.54, 1.807) is 6.92 Å². The van der Waals surface area contributed by atoms with E-state index in [0.717, 1.165) is 12.8 Å². The van der Waals surface area contributed by atoms with Gasteiger partial charge in [0.05, 0.1) is 6.61 Å². The van der Waals surface area contributed by atoms with Crippen LogP contribution in [0.25, 0.3) is 0 Å². The number of esters is 1. The first-order chi connectivity index (χ1) is 6.96. The van der Waals surface area contributed by atoms with Crippen LogP contribution in [-0.4, -0.2) is 19.6 Å². The van der Waals surface area contributed by atoms with Crippen LogP contribution in [0.4, 0.5) is 12.9 Å². The molecule has 2 saturated carbocycles. The van der Waals surface area contributed by atoms with Gasteiger partial charge in [0.2, 0.25) is 0 Å². The number of rotatable bonds is 4. The van der Waals surface area contributed by atoms with Gasteiger partial charge in [0.1, 0.15) is 0 Å². The molecule has 2 aliphatic carbocycles. The van der Waals surface area contributed by atoms with Crippen molar-refractivity contribution in [3.05, 3.63) is 0 Å². The van der Waals surface area contributed by atoms with Gasteiger partial charge in [-0.05, 0) is 31.6 Å². The first kappa shape index (κ1) is 10.8. The molecule has 0 spiro atoms. The smallest absolute Gasteiger partial charge is 0.466 e. The van der Waals surface area contributed by atoms with E-state index in [2.05, 4.69) is 4.74 Å². The molecule has 0 saturated heterocycles. The third-order valence-electron chi connectivity index (χ3n) is 3.29. The van der Waals surface area contributed by atoms with E-state index < -0.39 is 30.6 Å². The van der Waals surface area contributed by atoms with Gasteiger partial charge in [0.25, 0.3) is 0 Å². The van der Waals surface area contributed by atoms with Crippen molar-refractivity contribution in [2.75, 3.05) is 6.61 Å². The standard InChI is InChI=1S/C9H13BF3O2/c1-2-15-9(14)7-6(5-3-4-5)8(7)10(11,12)13/h5-8H,2-4H2,1H3/q-1/t6?,7-,8+/m1/s1. The number of carbonyl (C=O) groups excluding carboxylic acids is 1. The van der Waals surface area contributed by atoms with Crippen LogP contribution in [0.3, 0.4) is 0 Å². The van der Waals surface area contributed by atoms with Crippen LogP contribution >= 0.6 is 0 Å². The molecule has 0 amide bonds. The molecule has 86 valence electrons. The van der Waals surface area contributed by atoms with Crippen LogP contribution < -0.4 is 0 Å². The van der Waals surface area contributed by atoms with Gasteiger partial charge in [-0.3, -0.25) is 4.79 Å². The van der Waals surface area contributed by atoms with E-state index in [1.165, 1.54) is 0 Å². The summed E-state index contributed by atoms with van der Waals surface area (Å²) in [5, 5.41) is 0. The van der Waals surface area contributed by atoms with Crippen LogP contribution in [0, 0.1) is 17.8 Å². The molecule has 15 heavy (non-hydrogen) atoms. The zero-order valence-electron chi connectivity index (χ0n) is 8.46. The molecule has 0 bridgehead atoms. The predicted octanol–water partition coefficient (Wildman–Crippen LogP) is 2.42. The molecule has 2 aliphatic rings. The summed E-state index contributed by atoms with van der Waals surface area (Å²) < 4.78 is 42.4. The van der Waals surface area contributed by atoms with E-state index >= 15 is 0 Å². The number of ether oxygens (including phenoxy) is 1. The SMILES string of the molecule is CCOC(=O)[C@@H]1C(C2CC2)[C@@H]1[B-](F)(F)F. The van der Waals surface area contributed by atoms with Gasteiger partial charge in [-0.15, -0.1) is 0 Å². The Hall–Kier alpha value is -0.675. The third-order valence-corrected chi connectivity index (χ3v) is 3.29. The van der Waals surface area contributed by atoms with Gasteiger partial charge in [0, 0.05) is 5.92 Å². The second kappa shape index (κ2) is 3.42. The normalized spacial score (nSPS) is 35.1. The quantitative estimate of drug-likeness (QED) is 0.538. The summed E-state index contributed by atoms with van der Waals surface area (Å²) in [6.07, 6.45) is 1.67. The Morgan fingerprint density at radius 3 is 2.40 bits per heavy atom. The molecule has 0 N–H and O–H groups in total. The highest BCUT2D eigenvalue weighted by Gasteiger charge is 2.66. The lowest BCUT2D eigenvalue weighted by Crippen LogP contribution is -2.19. The van der Waals surface area contributed by atoms with Gasteiger partial charge in [-0.25, -0.2) is 0 Å². The molecule has 6 heteroatoms. The average Bonchev–Trinajstić information content (AvgIpc) is 2.96. The lowest BCUT2D eigenvalue weighted by Gasteiger charge is -2.12. The van der Waals surface area contributed by atoms with Crippen molar-refractivity contribution in [1.29, 1.82) is 0 Å². The van der Waals surface area contributed by atoms with Gasteiger partial charge < -0.3 is 17.7 Å². The lowest BCUT2D eigenvalue weighted by atomic mass is 9.80. The maximum Gasteiger partial charge on any atom is 0.482 e. The van der Waals surface area contributed by atoms with Crippen LogP contribution in [0.1, 0.15) is 19.8 Å². The van der Waals surface area contributed by atoms with Gasteiger partial charge >= 0.3 is 12.9 Å². The number of hydrogen-bond donors (Lipinski definition) is 0. The average molecular weight is 221 g/mol. The summed E-state index contributed by atoms with van der Waals surface area (Å²) >= 11 is 0. The highest BCUT2D eigenvalue weighted by atomic mass is 19.4. The van der Waals surface area contributed by atoms with Crippen molar-refractivity contribution in [3.63, 3.8) is 0 Å². The summed E-state index contributed by atoms with van der Waals surface area (Å²) in [5.41, 5.74) is 0. The van der Waals surface area contributed by atoms with Crippen molar-refractivity contribution >= 4 is 12.9 Å². The minimum Gasteiger partial charge on any atom is -0.466 e. The van der Waals surface area contributed by atoms with Gasteiger partial charge in [0.15, 0.2) is 0 Å². The Bertz CT molecular complexity index is 275. The van der Waals surface area contributed by atoms with Crippen molar-refractivity contribution in [1.82, 2.24) is 0 Å². The second-order valence-electron chi connectivity index (χ2n) is 4.40.